The quantitative estimate of drug-likeness (QED) is 0.187. The molecule has 0 saturated carbocycles. The summed E-state index contributed by atoms with van der Waals surface area (Å²) in [4.78, 5) is 53.9. The highest BCUT2D eigenvalue weighted by Gasteiger charge is 2.66. The summed E-state index contributed by atoms with van der Waals surface area (Å²) in [6, 6.07) is 24.7. The highest BCUT2D eigenvalue weighted by molar-refractivity contribution is 6.06. The topological polar surface area (TPSA) is 99.2 Å². The van der Waals surface area contributed by atoms with Crippen LogP contribution < -0.4 is 0 Å². The van der Waals surface area contributed by atoms with E-state index in [1.54, 1.807) is 60.7 Å². The molecule has 0 N–H and O–H groups in total. The van der Waals surface area contributed by atoms with Gasteiger partial charge in [-0.3, -0.25) is 14.4 Å². The monoisotopic (exact) mass is 515 g/mol. The Hall–Kier alpha value is -4.46. The van der Waals surface area contributed by atoms with Crippen molar-refractivity contribution < 1.29 is 33.4 Å². The number of carbonyl (C=O) groups is 4. The van der Waals surface area contributed by atoms with Gasteiger partial charge in [0, 0.05) is 24.5 Å². The summed E-state index contributed by atoms with van der Waals surface area (Å²) in [6.07, 6.45) is 0.128. The van der Waals surface area contributed by atoms with Crippen LogP contribution in [0.1, 0.15) is 23.6 Å². The molecule has 3 aromatic rings. The maximum absolute atomic E-state index is 13.7. The molecule has 1 heterocycles. The van der Waals surface area contributed by atoms with Gasteiger partial charge in [-0.25, -0.2) is 4.79 Å². The molecule has 0 aromatic heterocycles. The van der Waals surface area contributed by atoms with Crippen LogP contribution in [0.3, 0.4) is 0 Å². The number of esters is 3. The number of ether oxygens (including phenoxy) is 3. The third kappa shape index (κ3) is 4.77. The lowest BCUT2D eigenvalue weighted by atomic mass is 9.68. The Morgan fingerprint density at radius 1 is 0.816 bits per heavy atom. The van der Waals surface area contributed by atoms with Gasteiger partial charge >= 0.3 is 17.9 Å². The van der Waals surface area contributed by atoms with E-state index in [9.17, 15) is 19.2 Å². The summed E-state index contributed by atoms with van der Waals surface area (Å²) in [5.74, 6) is -4.02. The first-order chi connectivity index (χ1) is 18.3. The average molecular weight is 516 g/mol. The molecule has 1 unspecified atom stereocenters. The SMILES string of the molecule is COC(=O)C(Cc1ccccc1)N1C(=O)[C@@H](C(=O)OC)[C@@H]1C(OC(C)=O)(c1ccccc1)c1ccccc1. The maximum Gasteiger partial charge on any atom is 0.328 e. The first-order valence-electron chi connectivity index (χ1n) is 12.2. The van der Waals surface area contributed by atoms with Crippen molar-refractivity contribution >= 4 is 23.8 Å². The van der Waals surface area contributed by atoms with E-state index >= 15 is 0 Å². The minimum absolute atomic E-state index is 0.128. The summed E-state index contributed by atoms with van der Waals surface area (Å²) in [7, 11) is 2.43. The lowest BCUT2D eigenvalue weighted by Crippen LogP contribution is -2.75. The van der Waals surface area contributed by atoms with Gasteiger partial charge < -0.3 is 19.1 Å². The molecular weight excluding hydrogens is 486 g/mol. The number of nitrogens with zero attached hydrogens (tertiary/aromatic N) is 1. The predicted molar refractivity (Wildman–Crippen MR) is 138 cm³/mol. The van der Waals surface area contributed by atoms with Gasteiger partial charge in [0.25, 0.3) is 0 Å². The van der Waals surface area contributed by atoms with Gasteiger partial charge in [0.1, 0.15) is 12.1 Å². The Balaban J connectivity index is 1.98. The Labute approximate surface area is 221 Å². The number of β-lactam (4-membered cyclic amide) rings is 1. The number of methoxy groups -OCH3 is 2. The fraction of sp³-hybridized carbons (Fsp3) is 0.267. The second kappa shape index (κ2) is 11.3. The van der Waals surface area contributed by atoms with Gasteiger partial charge in [0.15, 0.2) is 11.5 Å². The van der Waals surface area contributed by atoms with Gasteiger partial charge in [-0.15, -0.1) is 0 Å². The van der Waals surface area contributed by atoms with E-state index in [0.717, 1.165) is 5.56 Å². The standard InChI is InChI=1S/C30H29NO7/c1-20(32)38-30(22-15-9-5-10-16-22,23-17-11-6-12-18-23)26-25(29(35)37-3)27(33)31(26)24(28(34)36-2)19-21-13-7-4-8-14-21/h4-18,24-26H,19H2,1-3H3/t24?,25-,26+/m0/s1. The smallest absolute Gasteiger partial charge is 0.328 e. The van der Waals surface area contributed by atoms with E-state index in [-0.39, 0.29) is 6.42 Å². The fourth-order valence-electron chi connectivity index (χ4n) is 5.20. The first-order valence-corrected chi connectivity index (χ1v) is 12.2. The van der Waals surface area contributed by atoms with E-state index < -0.39 is 47.4 Å². The number of hydrogen-bond donors (Lipinski definition) is 0. The zero-order valence-electron chi connectivity index (χ0n) is 21.4. The molecule has 1 saturated heterocycles. The largest absolute Gasteiger partial charge is 0.468 e. The predicted octanol–water partition coefficient (Wildman–Crippen LogP) is 3.28. The number of likely N-dealkylation sites (tertiary alicyclic amines) is 1. The van der Waals surface area contributed by atoms with Crippen molar-refractivity contribution in [2.75, 3.05) is 14.2 Å². The van der Waals surface area contributed by atoms with Crippen LogP contribution in [-0.4, -0.2) is 55.0 Å². The van der Waals surface area contributed by atoms with Crippen molar-refractivity contribution in [3.05, 3.63) is 108 Å². The summed E-state index contributed by atoms with van der Waals surface area (Å²) in [5.41, 5.74) is 0.208. The van der Waals surface area contributed by atoms with Crippen molar-refractivity contribution in [3.8, 4) is 0 Å². The summed E-state index contributed by atoms with van der Waals surface area (Å²) in [5, 5.41) is 0. The van der Waals surface area contributed by atoms with Crippen LogP contribution in [0.5, 0.6) is 0 Å². The number of benzene rings is 3. The zero-order chi connectivity index (χ0) is 27.3. The van der Waals surface area contributed by atoms with Crippen molar-refractivity contribution in [1.29, 1.82) is 0 Å². The van der Waals surface area contributed by atoms with E-state index in [4.69, 9.17) is 14.2 Å². The second-order valence-electron chi connectivity index (χ2n) is 8.98. The van der Waals surface area contributed by atoms with Crippen molar-refractivity contribution in [2.24, 2.45) is 5.92 Å². The Bertz CT molecular complexity index is 1250. The number of rotatable bonds is 9. The van der Waals surface area contributed by atoms with E-state index in [2.05, 4.69) is 0 Å². The summed E-state index contributed by atoms with van der Waals surface area (Å²) >= 11 is 0. The fourth-order valence-corrected chi connectivity index (χ4v) is 5.20. The molecule has 38 heavy (non-hydrogen) atoms. The van der Waals surface area contributed by atoms with Gasteiger partial charge in [-0.05, 0) is 5.56 Å². The van der Waals surface area contributed by atoms with Crippen LogP contribution in [0.25, 0.3) is 0 Å². The molecule has 0 spiro atoms. The highest BCUT2D eigenvalue weighted by atomic mass is 16.6. The molecule has 4 rings (SSSR count). The lowest BCUT2D eigenvalue weighted by Gasteiger charge is -2.56. The van der Waals surface area contributed by atoms with Crippen molar-refractivity contribution in [1.82, 2.24) is 4.90 Å². The van der Waals surface area contributed by atoms with Crippen molar-refractivity contribution in [2.45, 2.75) is 31.0 Å². The minimum atomic E-state index is -1.63. The minimum Gasteiger partial charge on any atom is -0.468 e. The van der Waals surface area contributed by atoms with Crippen LogP contribution in [0, 0.1) is 5.92 Å². The molecule has 1 aliphatic rings. The number of amides is 1. The Kier molecular flexibility index (Phi) is 7.90. The molecule has 8 nitrogen and oxygen atoms in total. The van der Waals surface area contributed by atoms with Gasteiger partial charge in [0.2, 0.25) is 5.91 Å². The second-order valence-corrected chi connectivity index (χ2v) is 8.98. The molecular formula is C30H29NO7. The normalized spacial score (nSPS) is 17.7. The third-order valence-electron chi connectivity index (χ3n) is 6.80. The molecule has 0 bridgehead atoms. The maximum atomic E-state index is 13.7. The highest BCUT2D eigenvalue weighted by Crippen LogP contribution is 2.49. The average Bonchev–Trinajstić information content (AvgIpc) is 2.95. The Morgan fingerprint density at radius 3 is 1.76 bits per heavy atom. The van der Waals surface area contributed by atoms with Crippen LogP contribution in [0.15, 0.2) is 91.0 Å². The van der Waals surface area contributed by atoms with E-state index in [0.29, 0.717) is 11.1 Å². The van der Waals surface area contributed by atoms with Crippen LogP contribution in [-0.2, 0) is 45.4 Å². The van der Waals surface area contributed by atoms with Crippen LogP contribution in [0.4, 0.5) is 0 Å². The van der Waals surface area contributed by atoms with Gasteiger partial charge in [-0.1, -0.05) is 91.0 Å². The molecule has 0 radical (unpaired) electrons. The molecule has 8 heteroatoms. The molecule has 3 atom stereocenters. The van der Waals surface area contributed by atoms with Crippen molar-refractivity contribution in [3.63, 3.8) is 0 Å². The first kappa shape index (κ1) is 26.6. The molecule has 1 amide bonds. The van der Waals surface area contributed by atoms with E-state index in [1.807, 2.05) is 30.3 Å². The van der Waals surface area contributed by atoms with Crippen LogP contribution in [0.2, 0.25) is 0 Å². The molecule has 0 aliphatic carbocycles. The van der Waals surface area contributed by atoms with Crippen LogP contribution >= 0.6 is 0 Å². The summed E-state index contributed by atoms with van der Waals surface area (Å²) in [6.45, 7) is 1.26. The zero-order valence-corrected chi connectivity index (χ0v) is 21.4. The number of hydrogen-bond acceptors (Lipinski definition) is 7. The summed E-state index contributed by atoms with van der Waals surface area (Å²) < 4.78 is 16.3. The number of carbonyl (C=O) groups excluding carboxylic acids is 4. The molecule has 196 valence electrons. The van der Waals surface area contributed by atoms with E-state index in [1.165, 1.54) is 26.0 Å². The third-order valence-corrected chi connectivity index (χ3v) is 6.80. The van der Waals surface area contributed by atoms with Gasteiger partial charge in [-0.2, -0.15) is 0 Å². The molecule has 1 aliphatic heterocycles. The molecule has 3 aromatic carbocycles. The van der Waals surface area contributed by atoms with Gasteiger partial charge in [0.05, 0.1) is 14.2 Å². The Morgan fingerprint density at radius 2 is 1.32 bits per heavy atom. The lowest BCUT2D eigenvalue weighted by molar-refractivity contribution is -0.203. The molecule has 1 fully saturated rings.